The Balaban J connectivity index is 2.03. The average Bonchev–Trinajstić information content (AvgIpc) is 2.53. The summed E-state index contributed by atoms with van der Waals surface area (Å²) in [7, 11) is 1.31. The maximum atomic E-state index is 13.6. The lowest BCUT2D eigenvalue weighted by Crippen LogP contribution is -2.02. The Hall–Kier alpha value is -2.87. The summed E-state index contributed by atoms with van der Waals surface area (Å²) in [4.78, 5) is 11.3. The first-order valence-corrected chi connectivity index (χ1v) is 6.13. The lowest BCUT2D eigenvalue weighted by molar-refractivity contribution is 0.0600. The van der Waals surface area contributed by atoms with Crippen LogP contribution < -0.4 is 4.74 Å². The second kappa shape index (κ2) is 6.53. The number of benzene rings is 2. The van der Waals surface area contributed by atoms with Gasteiger partial charge in [-0.1, -0.05) is 12.1 Å². The maximum Gasteiger partial charge on any atom is 0.337 e. The molecular formula is C16H12FNO3. The molecule has 0 radical (unpaired) electrons. The molecule has 0 unspecified atom stereocenters. The summed E-state index contributed by atoms with van der Waals surface area (Å²) in [5.74, 6) is -0.924. The third-order valence-electron chi connectivity index (χ3n) is 2.83. The van der Waals surface area contributed by atoms with Crippen molar-refractivity contribution >= 4 is 5.97 Å². The van der Waals surface area contributed by atoms with Crippen molar-refractivity contribution in [2.75, 3.05) is 7.11 Å². The molecular weight excluding hydrogens is 273 g/mol. The number of nitrogens with zero attached hydrogens (tertiary/aromatic N) is 1. The predicted octanol–water partition coefficient (Wildman–Crippen LogP) is 3.06. The fourth-order valence-electron chi connectivity index (χ4n) is 1.70. The van der Waals surface area contributed by atoms with Crippen LogP contribution in [0.25, 0.3) is 0 Å². The summed E-state index contributed by atoms with van der Waals surface area (Å²) in [6, 6.07) is 12.5. The van der Waals surface area contributed by atoms with E-state index in [2.05, 4.69) is 4.74 Å². The highest BCUT2D eigenvalue weighted by atomic mass is 19.1. The van der Waals surface area contributed by atoms with Crippen LogP contribution in [0.2, 0.25) is 0 Å². The summed E-state index contributed by atoms with van der Waals surface area (Å²) in [6.45, 7) is 0.157. The molecule has 0 aromatic heterocycles. The lowest BCUT2D eigenvalue weighted by Gasteiger charge is -2.08. The monoisotopic (exact) mass is 285 g/mol. The highest BCUT2D eigenvalue weighted by Crippen LogP contribution is 2.19. The zero-order valence-electron chi connectivity index (χ0n) is 11.3. The molecule has 0 atom stereocenters. The molecule has 0 amide bonds. The van der Waals surface area contributed by atoms with E-state index in [9.17, 15) is 9.18 Å². The largest absolute Gasteiger partial charge is 0.486 e. The Bertz CT molecular complexity index is 690. The molecule has 0 aliphatic rings. The van der Waals surface area contributed by atoms with E-state index in [1.54, 1.807) is 24.3 Å². The van der Waals surface area contributed by atoms with Crippen molar-refractivity contribution in [3.63, 3.8) is 0 Å². The van der Waals surface area contributed by atoms with Gasteiger partial charge in [-0.15, -0.1) is 0 Å². The molecule has 0 saturated heterocycles. The van der Waals surface area contributed by atoms with Crippen molar-refractivity contribution in [1.29, 1.82) is 5.26 Å². The van der Waals surface area contributed by atoms with Crippen molar-refractivity contribution in [2.45, 2.75) is 6.61 Å². The van der Waals surface area contributed by atoms with Crippen molar-refractivity contribution in [1.82, 2.24) is 0 Å². The number of esters is 1. The number of hydrogen-bond acceptors (Lipinski definition) is 4. The van der Waals surface area contributed by atoms with E-state index >= 15 is 0 Å². The van der Waals surface area contributed by atoms with E-state index in [4.69, 9.17) is 10.00 Å². The quantitative estimate of drug-likeness (QED) is 0.810. The molecule has 4 nitrogen and oxygen atoms in total. The molecule has 0 aliphatic heterocycles. The van der Waals surface area contributed by atoms with E-state index in [0.717, 1.165) is 11.6 Å². The predicted molar refractivity (Wildman–Crippen MR) is 73.2 cm³/mol. The van der Waals surface area contributed by atoms with Gasteiger partial charge in [0.2, 0.25) is 0 Å². The molecule has 0 N–H and O–H groups in total. The number of hydrogen-bond donors (Lipinski definition) is 0. The summed E-state index contributed by atoms with van der Waals surface area (Å²) in [5.41, 5.74) is 1.46. The average molecular weight is 285 g/mol. The van der Waals surface area contributed by atoms with Gasteiger partial charge in [-0.2, -0.15) is 5.26 Å². The zero-order valence-corrected chi connectivity index (χ0v) is 11.3. The van der Waals surface area contributed by atoms with E-state index in [1.165, 1.54) is 19.2 Å². The minimum atomic E-state index is -0.583. The van der Waals surface area contributed by atoms with Crippen LogP contribution in [-0.2, 0) is 11.3 Å². The number of carbonyl (C=O) groups is 1. The van der Waals surface area contributed by atoms with Gasteiger partial charge in [-0.3, -0.25) is 0 Å². The van der Waals surface area contributed by atoms with Gasteiger partial charge >= 0.3 is 5.97 Å². The second-order valence-electron chi connectivity index (χ2n) is 4.23. The first kappa shape index (κ1) is 14.5. The van der Waals surface area contributed by atoms with Crippen LogP contribution in [0.1, 0.15) is 21.5 Å². The van der Waals surface area contributed by atoms with Crippen molar-refractivity contribution in [3.8, 4) is 11.8 Å². The topological polar surface area (TPSA) is 59.3 Å². The van der Waals surface area contributed by atoms with Gasteiger partial charge in [0, 0.05) is 0 Å². The fourth-order valence-corrected chi connectivity index (χ4v) is 1.70. The van der Waals surface area contributed by atoms with Crippen LogP contribution >= 0.6 is 0 Å². The molecule has 0 aliphatic carbocycles. The summed E-state index contributed by atoms with van der Waals surface area (Å²) in [6.07, 6.45) is 0. The highest BCUT2D eigenvalue weighted by Gasteiger charge is 2.07. The summed E-state index contributed by atoms with van der Waals surface area (Å²) >= 11 is 0. The van der Waals surface area contributed by atoms with Crippen LogP contribution in [0, 0.1) is 17.1 Å². The first-order valence-electron chi connectivity index (χ1n) is 6.13. The second-order valence-corrected chi connectivity index (χ2v) is 4.23. The molecule has 5 heteroatoms. The number of rotatable bonds is 4. The van der Waals surface area contributed by atoms with E-state index in [0.29, 0.717) is 5.56 Å². The normalized spacial score (nSPS) is 9.76. The molecule has 0 heterocycles. The number of halogens is 1. The van der Waals surface area contributed by atoms with Crippen LogP contribution in [0.5, 0.6) is 5.75 Å². The van der Waals surface area contributed by atoms with Gasteiger partial charge in [-0.25, -0.2) is 9.18 Å². The minimum Gasteiger partial charge on any atom is -0.486 e. The zero-order chi connectivity index (χ0) is 15.2. The molecule has 2 aromatic carbocycles. The third kappa shape index (κ3) is 3.57. The fraction of sp³-hybridized carbons (Fsp3) is 0.125. The standard InChI is InChI=1S/C16H12FNO3/c1-20-16(19)13-5-2-11(3-6-13)10-21-15-7-4-12(9-18)8-14(15)17/h2-8H,10H2,1H3. The Morgan fingerprint density at radius 3 is 2.52 bits per heavy atom. The Morgan fingerprint density at radius 2 is 1.95 bits per heavy atom. The number of methoxy groups -OCH3 is 1. The van der Waals surface area contributed by atoms with Crippen LogP contribution in [0.15, 0.2) is 42.5 Å². The Labute approximate surface area is 121 Å². The molecule has 0 fully saturated rings. The number of nitriles is 1. The molecule has 106 valence electrons. The van der Waals surface area contributed by atoms with Crippen LogP contribution in [-0.4, -0.2) is 13.1 Å². The number of ether oxygens (including phenoxy) is 2. The molecule has 0 bridgehead atoms. The van der Waals surface area contributed by atoms with Crippen molar-refractivity contribution in [3.05, 3.63) is 65.0 Å². The molecule has 0 saturated carbocycles. The van der Waals surface area contributed by atoms with Gasteiger partial charge < -0.3 is 9.47 Å². The summed E-state index contributed by atoms with van der Waals surface area (Å²) < 4.78 is 23.6. The molecule has 2 rings (SSSR count). The third-order valence-corrected chi connectivity index (χ3v) is 2.83. The lowest BCUT2D eigenvalue weighted by atomic mass is 10.1. The van der Waals surface area contributed by atoms with E-state index in [-0.39, 0.29) is 17.9 Å². The van der Waals surface area contributed by atoms with Crippen molar-refractivity contribution < 1.29 is 18.7 Å². The summed E-state index contributed by atoms with van der Waals surface area (Å²) in [5, 5.41) is 8.66. The van der Waals surface area contributed by atoms with Gasteiger partial charge in [0.25, 0.3) is 0 Å². The van der Waals surface area contributed by atoms with Crippen molar-refractivity contribution in [2.24, 2.45) is 0 Å². The van der Waals surface area contributed by atoms with Gasteiger partial charge in [0.05, 0.1) is 24.3 Å². The highest BCUT2D eigenvalue weighted by molar-refractivity contribution is 5.89. The van der Waals surface area contributed by atoms with E-state index in [1.807, 2.05) is 6.07 Å². The molecule has 0 spiro atoms. The van der Waals surface area contributed by atoms with Crippen LogP contribution in [0.4, 0.5) is 4.39 Å². The van der Waals surface area contributed by atoms with E-state index < -0.39 is 11.8 Å². The SMILES string of the molecule is COC(=O)c1ccc(COc2ccc(C#N)cc2F)cc1. The molecule has 21 heavy (non-hydrogen) atoms. The van der Waals surface area contributed by atoms with Gasteiger partial charge in [0.1, 0.15) is 6.61 Å². The smallest absolute Gasteiger partial charge is 0.337 e. The van der Waals surface area contributed by atoms with Gasteiger partial charge in [0.15, 0.2) is 11.6 Å². The Kier molecular flexibility index (Phi) is 4.52. The molecule has 2 aromatic rings. The Morgan fingerprint density at radius 1 is 1.24 bits per heavy atom. The van der Waals surface area contributed by atoms with Crippen LogP contribution in [0.3, 0.4) is 0 Å². The first-order chi connectivity index (χ1) is 10.1. The maximum absolute atomic E-state index is 13.6. The minimum absolute atomic E-state index is 0.0750. The van der Waals surface area contributed by atoms with Gasteiger partial charge in [-0.05, 0) is 35.9 Å². The number of carbonyl (C=O) groups excluding carboxylic acids is 1.